The van der Waals surface area contributed by atoms with E-state index in [-0.39, 0.29) is 33.2 Å². The van der Waals surface area contributed by atoms with Crippen LogP contribution in [-0.4, -0.2) is 69.6 Å². The smallest absolute Gasteiger partial charge is 0.410 e. The molecule has 1 amide bonds. The number of carbonyl (C=O) groups is 1. The first-order valence-corrected chi connectivity index (χ1v) is 14.5. The van der Waals surface area contributed by atoms with Crippen molar-refractivity contribution in [3.05, 3.63) is 70.2 Å². The minimum absolute atomic E-state index is 0.0963. The summed E-state index contributed by atoms with van der Waals surface area (Å²) in [5, 5.41) is 0.390. The first-order chi connectivity index (χ1) is 18.9. The van der Waals surface area contributed by atoms with E-state index in [1.807, 2.05) is 32.6 Å². The van der Waals surface area contributed by atoms with E-state index in [2.05, 4.69) is 9.97 Å². The maximum Gasteiger partial charge on any atom is 0.410 e. The van der Waals surface area contributed by atoms with Gasteiger partial charge in [-0.25, -0.2) is 27.2 Å². The molecule has 5 rings (SSSR count). The van der Waals surface area contributed by atoms with Crippen molar-refractivity contribution in [1.82, 2.24) is 23.8 Å². The number of anilines is 1. The Balaban J connectivity index is 1.54. The highest BCUT2D eigenvalue weighted by molar-refractivity contribution is 7.90. The highest BCUT2D eigenvalue weighted by Crippen LogP contribution is 2.32. The van der Waals surface area contributed by atoms with E-state index in [0.717, 1.165) is 3.97 Å². The number of aromatic amines is 1. The number of fused-ring (bicyclic) bond motifs is 1. The highest BCUT2D eigenvalue weighted by Gasteiger charge is 2.32. The second-order valence-corrected chi connectivity index (χ2v) is 12.7. The molecule has 0 radical (unpaired) electrons. The second kappa shape index (κ2) is 10.3. The standard InChI is InChI=1S/C27H29ClN6O5S/c1-17-15-32(26(36)39-27(2,3)4)13-14-33(17)24-21(28)25(35)31-22(30-24)20-16-34(23-19(20)11-8-12-29-23)40(37,38)18-9-6-5-7-10-18/h5-12,16-17H,13-15H2,1-4H3,(H,30,31,35)/t17-/m0/s1. The van der Waals surface area contributed by atoms with Gasteiger partial charge in [0.2, 0.25) is 0 Å². The van der Waals surface area contributed by atoms with Crippen LogP contribution in [0.3, 0.4) is 0 Å². The summed E-state index contributed by atoms with van der Waals surface area (Å²) in [6.45, 7) is 8.38. The fourth-order valence-electron chi connectivity index (χ4n) is 4.64. The van der Waals surface area contributed by atoms with E-state index in [1.54, 1.807) is 35.2 Å². The van der Waals surface area contributed by atoms with E-state index < -0.39 is 27.3 Å². The summed E-state index contributed by atoms with van der Waals surface area (Å²) in [5.74, 6) is 0.388. The minimum atomic E-state index is -3.99. The van der Waals surface area contributed by atoms with Gasteiger partial charge in [0.1, 0.15) is 16.4 Å². The van der Waals surface area contributed by atoms with Crippen molar-refractivity contribution in [2.24, 2.45) is 0 Å². The van der Waals surface area contributed by atoms with E-state index in [1.165, 1.54) is 24.5 Å². The SMILES string of the molecule is C[C@H]1CN(C(=O)OC(C)(C)C)CCN1c1nc(-c2cn(S(=O)(=O)c3ccccc3)c3ncccc23)[nH]c(=O)c1Cl. The summed E-state index contributed by atoms with van der Waals surface area (Å²) in [4.78, 5) is 40.9. The monoisotopic (exact) mass is 584 g/mol. The molecule has 4 heterocycles. The zero-order valence-corrected chi connectivity index (χ0v) is 24.0. The van der Waals surface area contributed by atoms with Gasteiger partial charge in [0.15, 0.2) is 11.5 Å². The number of hydrogen-bond donors (Lipinski definition) is 1. The molecule has 1 aliphatic rings. The van der Waals surface area contributed by atoms with Gasteiger partial charge in [0, 0.05) is 49.0 Å². The summed E-state index contributed by atoms with van der Waals surface area (Å²) in [6.07, 6.45) is 2.49. The van der Waals surface area contributed by atoms with Gasteiger partial charge in [-0.1, -0.05) is 29.8 Å². The Bertz CT molecular complexity index is 1750. The fourth-order valence-corrected chi connectivity index (χ4v) is 6.18. The molecule has 210 valence electrons. The Kier molecular flexibility index (Phi) is 7.09. The fraction of sp³-hybridized carbons (Fsp3) is 0.333. The van der Waals surface area contributed by atoms with Crippen LogP contribution in [0.5, 0.6) is 0 Å². The first kappa shape index (κ1) is 27.7. The van der Waals surface area contributed by atoms with Crippen molar-refractivity contribution in [3.63, 3.8) is 0 Å². The molecule has 13 heteroatoms. The van der Waals surface area contributed by atoms with Gasteiger partial charge in [-0.2, -0.15) is 0 Å². The molecule has 0 spiro atoms. The Morgan fingerprint density at radius 2 is 1.85 bits per heavy atom. The molecule has 1 saturated heterocycles. The molecule has 1 N–H and O–H groups in total. The quantitative estimate of drug-likeness (QED) is 0.379. The lowest BCUT2D eigenvalue weighted by molar-refractivity contribution is 0.0218. The summed E-state index contributed by atoms with van der Waals surface area (Å²) in [6, 6.07) is 11.2. The van der Waals surface area contributed by atoms with Gasteiger partial charge in [0.25, 0.3) is 15.6 Å². The molecule has 1 aliphatic heterocycles. The highest BCUT2D eigenvalue weighted by atomic mass is 35.5. The molecule has 4 aromatic rings. The van der Waals surface area contributed by atoms with Gasteiger partial charge in [-0.15, -0.1) is 0 Å². The largest absolute Gasteiger partial charge is 0.444 e. The van der Waals surface area contributed by atoms with Crippen LogP contribution in [0.25, 0.3) is 22.4 Å². The molecule has 1 fully saturated rings. The molecular weight excluding hydrogens is 556 g/mol. The molecule has 0 bridgehead atoms. The molecule has 1 aromatic carbocycles. The number of carbonyl (C=O) groups excluding carboxylic acids is 1. The molecule has 40 heavy (non-hydrogen) atoms. The van der Waals surface area contributed by atoms with Crippen molar-refractivity contribution in [2.45, 2.75) is 44.2 Å². The lowest BCUT2D eigenvalue weighted by Crippen LogP contribution is -2.55. The number of amides is 1. The van der Waals surface area contributed by atoms with Crippen molar-refractivity contribution in [3.8, 4) is 11.4 Å². The van der Waals surface area contributed by atoms with Crippen LogP contribution in [0.2, 0.25) is 5.02 Å². The Labute approximate surface area is 236 Å². The molecule has 0 saturated carbocycles. The third-order valence-corrected chi connectivity index (χ3v) is 8.49. The van der Waals surface area contributed by atoms with E-state index in [9.17, 15) is 18.0 Å². The average molecular weight is 585 g/mol. The normalized spacial score (nSPS) is 16.4. The average Bonchev–Trinajstić information content (AvgIpc) is 3.30. The predicted octanol–water partition coefficient (Wildman–Crippen LogP) is 4.12. The molecule has 3 aromatic heterocycles. The Morgan fingerprint density at radius 3 is 2.52 bits per heavy atom. The number of rotatable bonds is 4. The van der Waals surface area contributed by atoms with Crippen LogP contribution >= 0.6 is 11.6 Å². The number of pyridine rings is 1. The topological polar surface area (TPSA) is 130 Å². The van der Waals surface area contributed by atoms with Gasteiger partial charge >= 0.3 is 6.09 Å². The van der Waals surface area contributed by atoms with Gasteiger partial charge in [-0.3, -0.25) is 4.79 Å². The van der Waals surface area contributed by atoms with Gasteiger partial charge < -0.3 is 19.5 Å². The molecular formula is C27H29ClN6O5S. The molecule has 11 nitrogen and oxygen atoms in total. The lowest BCUT2D eigenvalue weighted by Gasteiger charge is -2.41. The van der Waals surface area contributed by atoms with Crippen LogP contribution in [0.1, 0.15) is 27.7 Å². The maximum atomic E-state index is 13.5. The summed E-state index contributed by atoms with van der Waals surface area (Å²) < 4.78 is 33.6. The van der Waals surface area contributed by atoms with Crippen LogP contribution in [0.15, 0.2) is 64.5 Å². The third kappa shape index (κ3) is 5.16. The Morgan fingerprint density at radius 1 is 1.12 bits per heavy atom. The van der Waals surface area contributed by atoms with Crippen molar-refractivity contribution in [1.29, 1.82) is 0 Å². The molecule has 1 atom stereocenters. The van der Waals surface area contributed by atoms with E-state index in [0.29, 0.717) is 30.6 Å². The van der Waals surface area contributed by atoms with Crippen molar-refractivity contribution < 1.29 is 17.9 Å². The lowest BCUT2D eigenvalue weighted by atomic mass is 10.2. The third-order valence-electron chi connectivity index (χ3n) is 6.48. The number of nitrogens with one attached hydrogen (secondary N) is 1. The van der Waals surface area contributed by atoms with Crippen LogP contribution in [0.4, 0.5) is 10.6 Å². The van der Waals surface area contributed by atoms with Crippen LogP contribution in [0, 0.1) is 0 Å². The number of H-pyrrole nitrogens is 1. The minimum Gasteiger partial charge on any atom is -0.444 e. The first-order valence-electron chi connectivity index (χ1n) is 12.7. The predicted molar refractivity (Wildman–Crippen MR) is 152 cm³/mol. The number of piperazine rings is 1. The second-order valence-electron chi connectivity index (χ2n) is 10.6. The summed E-state index contributed by atoms with van der Waals surface area (Å²) >= 11 is 6.45. The zero-order chi connectivity index (χ0) is 28.8. The Hall–Kier alpha value is -3.90. The van der Waals surface area contributed by atoms with Gasteiger partial charge in [-0.05, 0) is 52.0 Å². The molecule has 0 unspecified atom stereocenters. The van der Waals surface area contributed by atoms with Gasteiger partial charge in [0.05, 0.1) is 4.90 Å². The van der Waals surface area contributed by atoms with E-state index in [4.69, 9.17) is 21.3 Å². The number of nitrogens with zero attached hydrogens (tertiary/aromatic N) is 5. The van der Waals surface area contributed by atoms with Crippen molar-refractivity contribution in [2.75, 3.05) is 24.5 Å². The van der Waals surface area contributed by atoms with Crippen LogP contribution < -0.4 is 10.5 Å². The number of halogens is 1. The van der Waals surface area contributed by atoms with Crippen molar-refractivity contribution >= 4 is 44.6 Å². The zero-order valence-electron chi connectivity index (χ0n) is 22.5. The van der Waals surface area contributed by atoms with Crippen LogP contribution in [-0.2, 0) is 14.8 Å². The molecule has 0 aliphatic carbocycles. The number of benzene rings is 1. The summed E-state index contributed by atoms with van der Waals surface area (Å²) in [7, 11) is -3.99. The summed E-state index contributed by atoms with van der Waals surface area (Å²) in [5.41, 5.74) is -0.622. The number of ether oxygens (including phenoxy) is 1. The maximum absolute atomic E-state index is 13.5. The van der Waals surface area contributed by atoms with E-state index >= 15 is 0 Å². The number of hydrogen-bond acceptors (Lipinski definition) is 8. The number of aromatic nitrogens is 4.